The lowest BCUT2D eigenvalue weighted by atomic mass is 10.1. The van der Waals surface area contributed by atoms with E-state index in [9.17, 15) is 0 Å². The number of rotatable bonds is 1. The zero-order chi connectivity index (χ0) is 9.26. The Morgan fingerprint density at radius 2 is 2.15 bits per heavy atom. The van der Waals surface area contributed by atoms with Gasteiger partial charge in [-0.2, -0.15) is 0 Å². The number of aliphatic hydroxyl groups excluding tert-OH is 1. The number of aliphatic hydroxyl groups is 1. The van der Waals surface area contributed by atoms with Crippen molar-refractivity contribution in [3.8, 4) is 0 Å². The van der Waals surface area contributed by atoms with Crippen LogP contribution < -0.4 is 5.73 Å². The molecule has 66 valence electrons. The van der Waals surface area contributed by atoms with Gasteiger partial charge in [0.2, 0.25) is 0 Å². The van der Waals surface area contributed by atoms with Crippen molar-refractivity contribution in [2.24, 2.45) is 0 Å². The molecule has 0 aliphatic rings. The molecule has 1 aromatic heterocycles. The fourth-order valence-electron chi connectivity index (χ4n) is 1.36. The highest BCUT2D eigenvalue weighted by molar-refractivity contribution is 5.84. The molecule has 0 amide bonds. The van der Waals surface area contributed by atoms with Gasteiger partial charge in [-0.05, 0) is 29.8 Å². The number of anilines is 1. The zero-order valence-corrected chi connectivity index (χ0v) is 7.07. The van der Waals surface area contributed by atoms with Crippen molar-refractivity contribution in [2.45, 2.75) is 6.61 Å². The van der Waals surface area contributed by atoms with Gasteiger partial charge in [0, 0.05) is 17.3 Å². The van der Waals surface area contributed by atoms with Crippen LogP contribution in [-0.4, -0.2) is 10.1 Å². The van der Waals surface area contributed by atoms with Gasteiger partial charge in [0.25, 0.3) is 0 Å². The van der Waals surface area contributed by atoms with Crippen LogP contribution in [-0.2, 0) is 6.61 Å². The predicted octanol–water partition coefficient (Wildman–Crippen LogP) is 1.31. The standard InChI is InChI=1S/C10H10N2O/c11-8-1-2-10-9(5-8)7(6-13)3-4-12-10/h1-5,13H,6,11H2. The van der Waals surface area contributed by atoms with Gasteiger partial charge < -0.3 is 10.8 Å². The Hall–Kier alpha value is -1.61. The van der Waals surface area contributed by atoms with Crippen LogP contribution in [0.4, 0.5) is 5.69 Å². The topological polar surface area (TPSA) is 59.1 Å². The highest BCUT2D eigenvalue weighted by Crippen LogP contribution is 2.19. The first-order valence-corrected chi connectivity index (χ1v) is 4.05. The van der Waals surface area contributed by atoms with Crippen LogP contribution in [0.1, 0.15) is 5.56 Å². The summed E-state index contributed by atoms with van der Waals surface area (Å²) in [6.45, 7) is 0.0163. The first kappa shape index (κ1) is 8.01. The van der Waals surface area contributed by atoms with E-state index in [-0.39, 0.29) is 6.61 Å². The average Bonchev–Trinajstić information content (AvgIpc) is 2.17. The average molecular weight is 174 g/mol. The lowest BCUT2D eigenvalue weighted by Crippen LogP contribution is -1.90. The number of benzene rings is 1. The fourth-order valence-corrected chi connectivity index (χ4v) is 1.36. The molecule has 1 heterocycles. The van der Waals surface area contributed by atoms with Crippen molar-refractivity contribution in [1.82, 2.24) is 4.98 Å². The van der Waals surface area contributed by atoms with Crippen LogP contribution in [0.5, 0.6) is 0 Å². The third-order valence-electron chi connectivity index (χ3n) is 2.03. The van der Waals surface area contributed by atoms with Crippen molar-refractivity contribution in [1.29, 1.82) is 0 Å². The minimum Gasteiger partial charge on any atom is -0.399 e. The summed E-state index contributed by atoms with van der Waals surface area (Å²) in [6.07, 6.45) is 1.68. The molecule has 0 aliphatic carbocycles. The first-order valence-electron chi connectivity index (χ1n) is 4.05. The van der Waals surface area contributed by atoms with Crippen LogP contribution in [0.3, 0.4) is 0 Å². The van der Waals surface area contributed by atoms with Crippen molar-refractivity contribution in [2.75, 3.05) is 5.73 Å². The normalized spacial score (nSPS) is 10.5. The van der Waals surface area contributed by atoms with Crippen LogP contribution in [0, 0.1) is 0 Å². The minimum atomic E-state index is 0.0163. The molecule has 0 fully saturated rings. The molecule has 0 spiro atoms. The minimum absolute atomic E-state index is 0.0163. The predicted molar refractivity (Wildman–Crippen MR) is 52.1 cm³/mol. The number of pyridine rings is 1. The van der Waals surface area contributed by atoms with E-state index in [0.717, 1.165) is 16.5 Å². The summed E-state index contributed by atoms with van der Waals surface area (Å²) in [5.41, 5.74) is 8.05. The molecule has 2 rings (SSSR count). The van der Waals surface area contributed by atoms with E-state index in [1.54, 1.807) is 18.3 Å². The molecule has 0 saturated carbocycles. The highest BCUT2D eigenvalue weighted by atomic mass is 16.3. The van der Waals surface area contributed by atoms with Gasteiger partial charge >= 0.3 is 0 Å². The Morgan fingerprint density at radius 1 is 1.31 bits per heavy atom. The van der Waals surface area contributed by atoms with E-state index in [0.29, 0.717) is 5.69 Å². The second-order valence-electron chi connectivity index (χ2n) is 2.90. The van der Waals surface area contributed by atoms with E-state index in [1.165, 1.54) is 0 Å². The molecule has 2 aromatic rings. The number of nitrogens with two attached hydrogens (primary N) is 1. The Morgan fingerprint density at radius 3 is 2.92 bits per heavy atom. The van der Waals surface area contributed by atoms with Crippen LogP contribution in [0.25, 0.3) is 10.9 Å². The summed E-state index contributed by atoms with van der Waals surface area (Å²) in [5, 5.41) is 9.98. The zero-order valence-electron chi connectivity index (χ0n) is 7.07. The summed E-state index contributed by atoms with van der Waals surface area (Å²) in [4.78, 5) is 4.16. The number of hydrogen-bond acceptors (Lipinski definition) is 3. The first-order chi connectivity index (χ1) is 6.31. The molecule has 0 saturated heterocycles. The quantitative estimate of drug-likeness (QED) is 0.641. The molecular formula is C10H10N2O. The maximum absolute atomic E-state index is 9.06. The van der Waals surface area contributed by atoms with Crippen LogP contribution in [0.2, 0.25) is 0 Å². The third-order valence-corrected chi connectivity index (χ3v) is 2.03. The molecule has 3 nitrogen and oxygen atoms in total. The maximum Gasteiger partial charge on any atom is 0.0707 e. The van der Waals surface area contributed by atoms with E-state index >= 15 is 0 Å². The molecule has 13 heavy (non-hydrogen) atoms. The summed E-state index contributed by atoms with van der Waals surface area (Å²) < 4.78 is 0. The Balaban J connectivity index is 2.79. The van der Waals surface area contributed by atoms with Gasteiger partial charge in [0.1, 0.15) is 0 Å². The second kappa shape index (κ2) is 3.03. The summed E-state index contributed by atoms with van der Waals surface area (Å²) in [6, 6.07) is 7.27. The van der Waals surface area contributed by atoms with Gasteiger partial charge in [0.15, 0.2) is 0 Å². The molecule has 0 aliphatic heterocycles. The molecule has 0 bridgehead atoms. The van der Waals surface area contributed by atoms with E-state index in [1.807, 2.05) is 12.1 Å². The Labute approximate surface area is 75.8 Å². The summed E-state index contributed by atoms with van der Waals surface area (Å²) in [5.74, 6) is 0. The van der Waals surface area contributed by atoms with Crippen LogP contribution >= 0.6 is 0 Å². The van der Waals surface area contributed by atoms with E-state index < -0.39 is 0 Å². The monoisotopic (exact) mass is 174 g/mol. The smallest absolute Gasteiger partial charge is 0.0707 e. The lowest BCUT2D eigenvalue weighted by molar-refractivity contribution is 0.283. The van der Waals surface area contributed by atoms with Crippen molar-refractivity contribution >= 4 is 16.6 Å². The molecule has 0 unspecified atom stereocenters. The van der Waals surface area contributed by atoms with Gasteiger partial charge in [-0.25, -0.2) is 0 Å². The number of aromatic nitrogens is 1. The molecule has 1 aromatic carbocycles. The summed E-state index contributed by atoms with van der Waals surface area (Å²) >= 11 is 0. The van der Waals surface area contributed by atoms with Crippen molar-refractivity contribution < 1.29 is 5.11 Å². The molecular weight excluding hydrogens is 164 g/mol. The van der Waals surface area contributed by atoms with Crippen LogP contribution in [0.15, 0.2) is 30.5 Å². The number of nitrogen functional groups attached to an aromatic ring is 1. The van der Waals surface area contributed by atoms with Gasteiger partial charge in [-0.3, -0.25) is 4.98 Å². The SMILES string of the molecule is Nc1ccc2nccc(CO)c2c1. The number of fused-ring (bicyclic) bond motifs is 1. The Bertz CT molecular complexity index is 440. The maximum atomic E-state index is 9.06. The fraction of sp³-hybridized carbons (Fsp3) is 0.100. The van der Waals surface area contributed by atoms with Gasteiger partial charge in [-0.15, -0.1) is 0 Å². The molecule has 0 radical (unpaired) electrons. The second-order valence-corrected chi connectivity index (χ2v) is 2.90. The summed E-state index contributed by atoms with van der Waals surface area (Å²) in [7, 11) is 0. The molecule has 0 atom stereocenters. The highest BCUT2D eigenvalue weighted by Gasteiger charge is 2.00. The van der Waals surface area contributed by atoms with Crippen molar-refractivity contribution in [3.63, 3.8) is 0 Å². The van der Waals surface area contributed by atoms with E-state index in [4.69, 9.17) is 10.8 Å². The largest absolute Gasteiger partial charge is 0.399 e. The van der Waals surface area contributed by atoms with E-state index in [2.05, 4.69) is 4.98 Å². The molecule has 3 N–H and O–H groups in total. The molecule has 3 heteroatoms. The number of nitrogens with zero attached hydrogens (tertiary/aromatic N) is 1. The lowest BCUT2D eigenvalue weighted by Gasteiger charge is -2.03. The third kappa shape index (κ3) is 1.34. The van der Waals surface area contributed by atoms with Gasteiger partial charge in [-0.1, -0.05) is 0 Å². The van der Waals surface area contributed by atoms with Crippen molar-refractivity contribution in [3.05, 3.63) is 36.0 Å². The Kier molecular flexibility index (Phi) is 1.87. The van der Waals surface area contributed by atoms with Gasteiger partial charge in [0.05, 0.1) is 12.1 Å². The number of hydrogen-bond donors (Lipinski definition) is 2.